The van der Waals surface area contributed by atoms with Crippen LogP contribution in [0.4, 0.5) is 0 Å². The van der Waals surface area contributed by atoms with Gasteiger partial charge in [0.1, 0.15) is 18.3 Å². The lowest BCUT2D eigenvalue weighted by molar-refractivity contribution is -0.212. The second-order valence-corrected chi connectivity index (χ2v) is 15.0. The molecule has 2 bridgehead atoms. The van der Waals surface area contributed by atoms with Crippen molar-refractivity contribution in [1.82, 2.24) is 4.90 Å². The van der Waals surface area contributed by atoms with E-state index in [-0.39, 0.29) is 24.8 Å². The van der Waals surface area contributed by atoms with E-state index in [1.807, 2.05) is 77.0 Å². The van der Waals surface area contributed by atoms with Gasteiger partial charge in [-0.3, -0.25) is 24.0 Å². The molecular weight excluding hydrogens is 642 g/mol. The van der Waals surface area contributed by atoms with Crippen LogP contribution in [0.2, 0.25) is 0 Å². The summed E-state index contributed by atoms with van der Waals surface area (Å²) in [5.74, 6) is -3.40. The van der Waals surface area contributed by atoms with Crippen molar-refractivity contribution in [3.05, 3.63) is 59.2 Å². The number of fused-ring (bicyclic) bond motifs is 3. The van der Waals surface area contributed by atoms with Crippen LogP contribution < -0.4 is 0 Å². The summed E-state index contributed by atoms with van der Waals surface area (Å²) in [6.07, 6.45) is -3.60. The Hall–Kier alpha value is -3.99. The fourth-order valence-corrected chi connectivity index (χ4v) is 8.75. The maximum atomic E-state index is 13.7. The zero-order chi connectivity index (χ0) is 37.3. The van der Waals surface area contributed by atoms with Gasteiger partial charge in [0.25, 0.3) is 0 Å². The van der Waals surface area contributed by atoms with Crippen LogP contribution in [-0.2, 0) is 47.7 Å². The molecule has 11 nitrogen and oxygen atoms in total. The van der Waals surface area contributed by atoms with Crippen LogP contribution in [0.15, 0.2) is 53.6 Å². The molecule has 0 aliphatic heterocycles. The highest BCUT2D eigenvalue weighted by Crippen LogP contribution is 2.61. The van der Waals surface area contributed by atoms with Gasteiger partial charge in [-0.15, -0.1) is 0 Å². The summed E-state index contributed by atoms with van der Waals surface area (Å²) in [6, 6.07) is 9.43. The van der Waals surface area contributed by atoms with Gasteiger partial charge in [-0.25, -0.2) is 0 Å². The second-order valence-electron chi connectivity index (χ2n) is 15.0. The van der Waals surface area contributed by atoms with Crippen molar-refractivity contribution in [3.8, 4) is 0 Å². The molecule has 0 aromatic heterocycles. The van der Waals surface area contributed by atoms with Crippen molar-refractivity contribution in [2.75, 3.05) is 14.1 Å². The molecule has 1 aromatic rings. The molecular formula is C39H53NO10. The first kappa shape index (κ1) is 38.8. The molecule has 3 aliphatic rings. The predicted octanol–water partition coefficient (Wildman–Crippen LogP) is 5.67. The van der Waals surface area contributed by atoms with E-state index in [1.165, 1.54) is 27.7 Å². The predicted molar refractivity (Wildman–Crippen MR) is 184 cm³/mol. The Bertz CT molecular complexity index is 1530. The molecule has 2 fully saturated rings. The highest BCUT2D eigenvalue weighted by Gasteiger charge is 2.64. The van der Waals surface area contributed by atoms with Crippen LogP contribution >= 0.6 is 0 Å². The van der Waals surface area contributed by atoms with E-state index >= 15 is 0 Å². The fourth-order valence-electron chi connectivity index (χ4n) is 8.75. The van der Waals surface area contributed by atoms with Crippen LogP contribution in [0, 0.1) is 22.7 Å². The Morgan fingerprint density at radius 3 is 1.92 bits per heavy atom. The molecule has 0 heterocycles. The number of nitrogens with zero attached hydrogens (tertiary/aromatic N) is 1. The molecule has 3 aliphatic carbocycles. The zero-order valence-corrected chi connectivity index (χ0v) is 31.1. The minimum atomic E-state index is -1.18. The Kier molecular flexibility index (Phi) is 11.7. The first-order valence-corrected chi connectivity index (χ1v) is 17.3. The summed E-state index contributed by atoms with van der Waals surface area (Å²) >= 11 is 0. The summed E-state index contributed by atoms with van der Waals surface area (Å²) in [5, 5.41) is 0. The minimum Gasteiger partial charge on any atom is -0.462 e. The molecule has 4 rings (SSSR count). The van der Waals surface area contributed by atoms with Gasteiger partial charge in [0.2, 0.25) is 0 Å². The van der Waals surface area contributed by atoms with Crippen LogP contribution in [0.5, 0.6) is 0 Å². The second kappa shape index (κ2) is 15.1. The van der Waals surface area contributed by atoms with Crippen molar-refractivity contribution in [3.63, 3.8) is 0 Å². The van der Waals surface area contributed by atoms with Crippen molar-refractivity contribution in [1.29, 1.82) is 0 Å². The molecule has 1 unspecified atom stereocenters. The Balaban J connectivity index is 1.86. The summed E-state index contributed by atoms with van der Waals surface area (Å²) in [7, 11) is 3.80. The van der Waals surface area contributed by atoms with Gasteiger partial charge in [0.05, 0.1) is 11.8 Å². The van der Waals surface area contributed by atoms with Crippen LogP contribution in [0.1, 0.15) is 92.7 Å². The first-order chi connectivity index (χ1) is 23.3. The number of benzene rings is 1. The zero-order valence-electron chi connectivity index (χ0n) is 31.1. The summed E-state index contributed by atoms with van der Waals surface area (Å²) < 4.78 is 30.4. The SMILES string of the molecule is C=C1[C@@H](OC(=O)CC(c2ccccc2)N(C)C)C[C@H](OC(C)=O)[C@]2(C)[C@@H]1C[C@@H]1C[C@H](OC(C)=O)C(C)=C([C@@H](OC(C)=O)[C@@H]2OC(C)=O)C1(C)C. The molecule has 0 N–H and O–H groups in total. The minimum absolute atomic E-state index is 0.0574. The normalized spacial score (nSPS) is 30.9. The number of carbonyl (C=O) groups is 5. The summed E-state index contributed by atoms with van der Waals surface area (Å²) in [4.78, 5) is 66.5. The lowest BCUT2D eigenvalue weighted by Crippen LogP contribution is -2.64. The molecule has 1 aromatic carbocycles. The van der Waals surface area contributed by atoms with Crippen LogP contribution in [0.3, 0.4) is 0 Å². The van der Waals surface area contributed by atoms with E-state index in [1.54, 1.807) is 0 Å². The molecule has 0 radical (unpaired) electrons. The van der Waals surface area contributed by atoms with Crippen molar-refractivity contribution in [2.45, 2.75) is 118 Å². The van der Waals surface area contributed by atoms with E-state index < -0.39 is 77.1 Å². The molecule has 11 heteroatoms. The topological polar surface area (TPSA) is 135 Å². The summed E-state index contributed by atoms with van der Waals surface area (Å²) in [5.41, 5.74) is 1.14. The summed E-state index contributed by atoms with van der Waals surface area (Å²) in [6.45, 7) is 17.5. The lowest BCUT2D eigenvalue weighted by Gasteiger charge is -2.59. The molecule has 9 atom stereocenters. The smallest absolute Gasteiger partial charge is 0.308 e. The Labute approximate surface area is 295 Å². The number of hydrogen-bond donors (Lipinski definition) is 0. The van der Waals surface area contributed by atoms with E-state index in [0.717, 1.165) is 5.56 Å². The third kappa shape index (κ3) is 7.82. The fraction of sp³-hybridized carbons (Fsp3) is 0.615. The molecule has 50 heavy (non-hydrogen) atoms. The monoisotopic (exact) mass is 695 g/mol. The van der Waals surface area contributed by atoms with Gasteiger partial charge in [-0.2, -0.15) is 0 Å². The molecule has 0 amide bonds. The molecule has 274 valence electrons. The van der Waals surface area contributed by atoms with Gasteiger partial charge >= 0.3 is 29.8 Å². The van der Waals surface area contributed by atoms with Crippen LogP contribution in [-0.4, -0.2) is 79.4 Å². The van der Waals surface area contributed by atoms with E-state index in [4.69, 9.17) is 23.7 Å². The van der Waals surface area contributed by atoms with Crippen LogP contribution in [0.25, 0.3) is 0 Å². The maximum Gasteiger partial charge on any atom is 0.308 e. The number of carbonyl (C=O) groups excluding carboxylic acids is 5. The number of rotatable bonds is 9. The molecule has 0 saturated heterocycles. The average molecular weight is 696 g/mol. The Morgan fingerprint density at radius 2 is 1.38 bits per heavy atom. The van der Waals surface area contributed by atoms with Crippen molar-refractivity contribution >= 4 is 29.8 Å². The molecule has 2 saturated carbocycles. The van der Waals surface area contributed by atoms with Gasteiger partial charge < -0.3 is 28.6 Å². The number of hydrogen-bond acceptors (Lipinski definition) is 11. The highest BCUT2D eigenvalue weighted by molar-refractivity contribution is 5.71. The van der Waals surface area contributed by atoms with Gasteiger partial charge in [-0.05, 0) is 73.4 Å². The Morgan fingerprint density at radius 1 is 0.800 bits per heavy atom. The average Bonchev–Trinajstić information content (AvgIpc) is 3.00. The van der Waals surface area contributed by atoms with E-state index in [2.05, 4.69) is 6.58 Å². The first-order valence-electron chi connectivity index (χ1n) is 17.3. The quantitative estimate of drug-likeness (QED) is 0.180. The lowest BCUT2D eigenvalue weighted by atomic mass is 9.49. The third-order valence-electron chi connectivity index (χ3n) is 11.2. The molecule has 0 spiro atoms. The number of ether oxygens (including phenoxy) is 5. The van der Waals surface area contributed by atoms with E-state index in [0.29, 0.717) is 29.6 Å². The van der Waals surface area contributed by atoms with Crippen molar-refractivity contribution in [2.24, 2.45) is 22.7 Å². The van der Waals surface area contributed by atoms with Gasteiger partial charge in [0, 0.05) is 40.2 Å². The van der Waals surface area contributed by atoms with Gasteiger partial charge in [0.15, 0.2) is 12.2 Å². The number of esters is 5. The van der Waals surface area contributed by atoms with Crippen molar-refractivity contribution < 1.29 is 47.7 Å². The largest absolute Gasteiger partial charge is 0.462 e. The standard InChI is InChI=1S/C39H53NO10/c1-21-29-17-28-18-31(46-23(3)41)22(2)35(38(28,7)8)36(48-25(5)43)37(49-26(6)44)39(29,9)33(47-24(4)42)20-32(21)50-34(45)19-30(40(10)11)27-15-13-12-14-16-27/h12-16,28-33,36-37H,1,17-20H2,2-11H3/t28-,29-,30?,31+,32+,33+,36-,37+,39+/m1/s1. The van der Waals surface area contributed by atoms with E-state index in [9.17, 15) is 24.0 Å². The van der Waals surface area contributed by atoms with Gasteiger partial charge in [-0.1, -0.05) is 57.7 Å². The third-order valence-corrected chi connectivity index (χ3v) is 11.2. The highest BCUT2D eigenvalue weighted by atomic mass is 16.6. The maximum absolute atomic E-state index is 13.7.